The molecule has 0 atom stereocenters. The normalized spacial score (nSPS) is 10.5. The van der Waals surface area contributed by atoms with E-state index in [9.17, 15) is 5.11 Å². The van der Waals surface area contributed by atoms with Crippen LogP contribution in [0.1, 0.15) is 5.56 Å². The Kier molecular flexibility index (Phi) is 4.51. The first kappa shape index (κ1) is 13.0. The maximum atomic E-state index is 9.32. The van der Waals surface area contributed by atoms with Crippen molar-refractivity contribution in [2.45, 2.75) is 16.4 Å². The van der Waals surface area contributed by atoms with Crippen LogP contribution < -0.4 is 0 Å². The molecule has 2 aromatic carbocycles. The summed E-state index contributed by atoms with van der Waals surface area (Å²) in [6, 6.07) is 13.7. The Morgan fingerprint density at radius 1 is 1.18 bits per heavy atom. The topological polar surface area (TPSA) is 20.2 Å². The molecule has 0 bridgehead atoms. The van der Waals surface area contributed by atoms with Crippen LogP contribution in [0.4, 0.5) is 0 Å². The third-order valence-electron chi connectivity index (χ3n) is 2.26. The lowest BCUT2D eigenvalue weighted by molar-refractivity contribution is 0.279. The molecule has 17 heavy (non-hydrogen) atoms. The van der Waals surface area contributed by atoms with E-state index in [2.05, 4.69) is 15.9 Å². The van der Waals surface area contributed by atoms with Crippen LogP contribution in [-0.4, -0.2) is 5.11 Å². The van der Waals surface area contributed by atoms with E-state index in [1.807, 2.05) is 36.4 Å². The van der Waals surface area contributed by atoms with Crippen LogP contribution in [-0.2, 0) is 6.61 Å². The molecular formula is C13H10BrClOS. The van der Waals surface area contributed by atoms with E-state index in [-0.39, 0.29) is 6.61 Å². The zero-order valence-electron chi connectivity index (χ0n) is 8.86. The summed E-state index contributed by atoms with van der Waals surface area (Å²) in [5.74, 6) is 0. The Bertz CT molecular complexity index is 531. The molecule has 0 amide bonds. The van der Waals surface area contributed by atoms with Crippen LogP contribution in [0.25, 0.3) is 0 Å². The number of aliphatic hydroxyl groups is 1. The molecule has 2 rings (SSSR count). The molecule has 0 aliphatic rings. The van der Waals surface area contributed by atoms with E-state index in [1.54, 1.807) is 17.8 Å². The maximum absolute atomic E-state index is 9.32. The molecule has 1 N–H and O–H groups in total. The predicted molar refractivity (Wildman–Crippen MR) is 75.6 cm³/mol. The van der Waals surface area contributed by atoms with Gasteiger partial charge >= 0.3 is 0 Å². The van der Waals surface area contributed by atoms with Crippen molar-refractivity contribution in [2.24, 2.45) is 0 Å². The average molecular weight is 330 g/mol. The molecule has 0 saturated carbocycles. The van der Waals surface area contributed by atoms with Crippen molar-refractivity contribution in [1.82, 2.24) is 0 Å². The van der Waals surface area contributed by atoms with Gasteiger partial charge in [-0.05, 0) is 30.3 Å². The van der Waals surface area contributed by atoms with Crippen molar-refractivity contribution in [1.29, 1.82) is 0 Å². The van der Waals surface area contributed by atoms with Crippen molar-refractivity contribution in [3.05, 3.63) is 57.5 Å². The first-order chi connectivity index (χ1) is 8.20. The van der Waals surface area contributed by atoms with Gasteiger partial charge < -0.3 is 5.11 Å². The first-order valence-corrected chi connectivity index (χ1v) is 7.01. The minimum Gasteiger partial charge on any atom is -0.392 e. The highest BCUT2D eigenvalue weighted by molar-refractivity contribution is 9.10. The number of halogens is 2. The largest absolute Gasteiger partial charge is 0.392 e. The van der Waals surface area contributed by atoms with Gasteiger partial charge in [-0.15, -0.1) is 0 Å². The predicted octanol–water partition coefficient (Wildman–Crippen LogP) is 4.75. The molecule has 0 aromatic heterocycles. The molecular weight excluding hydrogens is 320 g/mol. The molecule has 0 saturated heterocycles. The van der Waals surface area contributed by atoms with Gasteiger partial charge in [0.05, 0.1) is 6.61 Å². The van der Waals surface area contributed by atoms with Crippen LogP contribution in [0.15, 0.2) is 56.7 Å². The highest BCUT2D eigenvalue weighted by atomic mass is 79.9. The molecule has 0 aliphatic heterocycles. The number of rotatable bonds is 3. The Labute approximate surface area is 118 Å². The molecule has 0 aliphatic carbocycles. The number of benzene rings is 2. The van der Waals surface area contributed by atoms with E-state index in [0.717, 1.165) is 19.8 Å². The second kappa shape index (κ2) is 5.91. The lowest BCUT2D eigenvalue weighted by atomic mass is 10.2. The molecule has 1 nitrogen and oxygen atoms in total. The molecule has 4 heteroatoms. The van der Waals surface area contributed by atoms with E-state index in [0.29, 0.717) is 5.02 Å². The van der Waals surface area contributed by atoms with Gasteiger partial charge in [-0.1, -0.05) is 51.4 Å². The quantitative estimate of drug-likeness (QED) is 0.877. The summed E-state index contributed by atoms with van der Waals surface area (Å²) < 4.78 is 1.04. The highest BCUT2D eigenvalue weighted by Gasteiger charge is 2.07. The third kappa shape index (κ3) is 3.26. The first-order valence-electron chi connectivity index (χ1n) is 5.02. The minimum absolute atomic E-state index is 0.0456. The van der Waals surface area contributed by atoms with Crippen molar-refractivity contribution < 1.29 is 5.11 Å². The second-order valence-electron chi connectivity index (χ2n) is 3.43. The van der Waals surface area contributed by atoms with Crippen molar-refractivity contribution >= 4 is 39.3 Å². The molecule has 88 valence electrons. The number of hydrogen-bond donors (Lipinski definition) is 1. The van der Waals surface area contributed by atoms with Crippen LogP contribution in [0.5, 0.6) is 0 Å². The SMILES string of the molecule is OCc1c(Cl)cccc1Sc1cccc(Br)c1. The van der Waals surface area contributed by atoms with Gasteiger partial charge in [0.1, 0.15) is 0 Å². The summed E-state index contributed by atoms with van der Waals surface area (Å²) in [6.07, 6.45) is 0. The highest BCUT2D eigenvalue weighted by Crippen LogP contribution is 2.34. The lowest BCUT2D eigenvalue weighted by Crippen LogP contribution is -1.88. The van der Waals surface area contributed by atoms with E-state index in [1.165, 1.54) is 0 Å². The summed E-state index contributed by atoms with van der Waals surface area (Å²) in [5.41, 5.74) is 0.777. The fourth-order valence-corrected chi connectivity index (χ4v) is 3.32. The van der Waals surface area contributed by atoms with Crippen molar-refractivity contribution in [2.75, 3.05) is 0 Å². The summed E-state index contributed by atoms with van der Waals surface area (Å²) in [7, 11) is 0. The molecule has 0 heterocycles. The molecule has 0 unspecified atom stereocenters. The van der Waals surface area contributed by atoms with Crippen molar-refractivity contribution in [3.63, 3.8) is 0 Å². The van der Waals surface area contributed by atoms with Gasteiger partial charge in [0.2, 0.25) is 0 Å². The average Bonchev–Trinajstić information content (AvgIpc) is 2.29. The van der Waals surface area contributed by atoms with Crippen molar-refractivity contribution in [3.8, 4) is 0 Å². The van der Waals surface area contributed by atoms with Crippen LogP contribution >= 0.6 is 39.3 Å². The summed E-state index contributed by atoms with van der Waals surface area (Å²) in [5, 5.41) is 9.93. The molecule has 0 radical (unpaired) electrons. The van der Waals surface area contributed by atoms with Gasteiger partial charge in [0, 0.05) is 24.8 Å². The Balaban J connectivity index is 2.33. The zero-order chi connectivity index (χ0) is 12.3. The monoisotopic (exact) mass is 328 g/mol. The molecule has 2 aromatic rings. The fourth-order valence-electron chi connectivity index (χ4n) is 1.45. The van der Waals surface area contributed by atoms with E-state index < -0.39 is 0 Å². The fraction of sp³-hybridized carbons (Fsp3) is 0.0769. The number of aliphatic hydroxyl groups excluding tert-OH is 1. The summed E-state index contributed by atoms with van der Waals surface area (Å²) >= 11 is 11.1. The van der Waals surface area contributed by atoms with Gasteiger partial charge in [-0.2, -0.15) is 0 Å². The van der Waals surface area contributed by atoms with Gasteiger partial charge in [0.15, 0.2) is 0 Å². The van der Waals surface area contributed by atoms with E-state index >= 15 is 0 Å². The Hall–Kier alpha value is -0.480. The summed E-state index contributed by atoms with van der Waals surface area (Å²) in [4.78, 5) is 2.09. The van der Waals surface area contributed by atoms with Crippen LogP contribution in [0.3, 0.4) is 0 Å². The Morgan fingerprint density at radius 2 is 1.94 bits per heavy atom. The maximum Gasteiger partial charge on any atom is 0.0707 e. The zero-order valence-corrected chi connectivity index (χ0v) is 12.0. The minimum atomic E-state index is -0.0456. The van der Waals surface area contributed by atoms with Gasteiger partial charge in [-0.3, -0.25) is 0 Å². The summed E-state index contributed by atoms with van der Waals surface area (Å²) in [6.45, 7) is -0.0456. The van der Waals surface area contributed by atoms with Gasteiger partial charge in [-0.25, -0.2) is 0 Å². The lowest BCUT2D eigenvalue weighted by Gasteiger charge is -2.08. The second-order valence-corrected chi connectivity index (χ2v) is 5.87. The van der Waals surface area contributed by atoms with E-state index in [4.69, 9.17) is 11.6 Å². The third-order valence-corrected chi connectivity index (χ3v) is 4.20. The molecule has 0 fully saturated rings. The standard InChI is InChI=1S/C13H10BrClOS/c14-9-3-1-4-10(7-9)17-13-6-2-5-12(15)11(13)8-16/h1-7,16H,8H2. The number of hydrogen-bond acceptors (Lipinski definition) is 2. The molecule has 0 spiro atoms. The smallest absolute Gasteiger partial charge is 0.0707 e. The van der Waals surface area contributed by atoms with Crippen LogP contribution in [0.2, 0.25) is 5.02 Å². The van der Waals surface area contributed by atoms with Crippen LogP contribution in [0, 0.1) is 0 Å². The Morgan fingerprint density at radius 3 is 2.65 bits per heavy atom. The van der Waals surface area contributed by atoms with Gasteiger partial charge in [0.25, 0.3) is 0 Å².